The second kappa shape index (κ2) is 6.26. The van der Waals surface area contributed by atoms with E-state index in [1.54, 1.807) is 0 Å². The average molecular weight is 334 g/mol. The number of Topliss-reactive ketones (excluding diaryl/α,β-unsaturated/α-hetero) is 1. The molecule has 0 saturated carbocycles. The van der Waals surface area contributed by atoms with E-state index in [4.69, 9.17) is 53.8 Å². The van der Waals surface area contributed by atoms with Gasteiger partial charge in [-0.05, 0) is 0 Å². The Bertz CT molecular complexity index is 390. The molecule has 0 bridgehead atoms. The maximum atomic E-state index is 12.3. The van der Waals surface area contributed by atoms with Crippen molar-refractivity contribution in [3.8, 4) is 0 Å². The zero-order valence-electron chi connectivity index (χ0n) is 11.0. The third-order valence-electron chi connectivity index (χ3n) is 3.11. The van der Waals surface area contributed by atoms with E-state index in [0.717, 1.165) is 0 Å². The molecule has 8 heteroatoms. The van der Waals surface area contributed by atoms with Crippen LogP contribution in [0.5, 0.6) is 0 Å². The molecule has 0 aliphatic heterocycles. The van der Waals surface area contributed by atoms with E-state index in [1.165, 1.54) is 28.4 Å². The molecule has 1 rings (SSSR count). The molecule has 1 aliphatic carbocycles. The van der Waals surface area contributed by atoms with Gasteiger partial charge < -0.3 is 18.9 Å². The summed E-state index contributed by atoms with van der Waals surface area (Å²) in [5.41, 5.74) is 0. The summed E-state index contributed by atoms with van der Waals surface area (Å²) in [4.78, 5) is 10.6. The van der Waals surface area contributed by atoms with Gasteiger partial charge >= 0.3 is 0 Å². The van der Waals surface area contributed by atoms with Crippen LogP contribution in [-0.2, 0) is 23.7 Å². The average Bonchev–Trinajstić information content (AvgIpc) is 2.56. The smallest absolute Gasteiger partial charge is 0.234 e. The molecule has 0 saturated heterocycles. The van der Waals surface area contributed by atoms with Crippen molar-refractivity contribution in [2.24, 2.45) is 0 Å². The molecule has 0 amide bonds. The Morgan fingerprint density at radius 1 is 1.11 bits per heavy atom. The predicted octanol–water partition coefficient (Wildman–Crippen LogP) is 2.23. The van der Waals surface area contributed by atoms with Gasteiger partial charge in [-0.15, -0.1) is 11.6 Å². The van der Waals surface area contributed by atoms with E-state index in [9.17, 15) is 4.79 Å². The second-order valence-electron chi connectivity index (χ2n) is 3.89. The van der Waals surface area contributed by atoms with E-state index < -0.39 is 22.7 Å². The Labute approximate surface area is 126 Å². The maximum absolute atomic E-state index is 12.3. The topological polar surface area (TPSA) is 54.0 Å². The van der Waals surface area contributed by atoms with Crippen LogP contribution < -0.4 is 0 Å². The van der Waals surface area contributed by atoms with Crippen molar-refractivity contribution in [1.29, 1.82) is 0 Å². The Hall–Kier alpha value is 0.120. The summed E-state index contributed by atoms with van der Waals surface area (Å²) in [6, 6.07) is 0. The summed E-state index contributed by atoms with van der Waals surface area (Å²) in [6.07, 6.45) is -0.785. The van der Waals surface area contributed by atoms with Crippen LogP contribution in [0.3, 0.4) is 0 Å². The third-order valence-corrected chi connectivity index (χ3v) is 4.58. The van der Waals surface area contributed by atoms with Gasteiger partial charge in [-0.1, -0.05) is 23.2 Å². The molecule has 19 heavy (non-hydrogen) atoms. The van der Waals surface area contributed by atoms with Gasteiger partial charge in [0.15, 0.2) is 11.2 Å². The number of ketones is 1. The Balaban J connectivity index is 3.27. The molecular formula is C11H15Cl3O5. The summed E-state index contributed by atoms with van der Waals surface area (Å²) in [7, 11) is 5.48. The molecule has 0 aromatic carbocycles. The highest BCUT2D eigenvalue weighted by molar-refractivity contribution is 6.57. The van der Waals surface area contributed by atoms with Crippen molar-refractivity contribution in [3.63, 3.8) is 0 Å². The maximum Gasteiger partial charge on any atom is 0.234 e. The zero-order valence-corrected chi connectivity index (χ0v) is 13.2. The first-order valence-electron chi connectivity index (χ1n) is 5.30. The van der Waals surface area contributed by atoms with Crippen LogP contribution in [0.25, 0.3) is 0 Å². The van der Waals surface area contributed by atoms with E-state index in [1.807, 2.05) is 0 Å². The van der Waals surface area contributed by atoms with Crippen LogP contribution in [0.4, 0.5) is 0 Å². The van der Waals surface area contributed by atoms with Crippen LogP contribution in [0.2, 0.25) is 0 Å². The van der Waals surface area contributed by atoms with Crippen molar-refractivity contribution >= 4 is 40.6 Å². The first-order chi connectivity index (χ1) is 8.84. The number of allylic oxidation sites excluding steroid dienone is 1. The minimum Gasteiger partial charge on any atom is -0.356 e. The van der Waals surface area contributed by atoms with E-state index >= 15 is 0 Å². The molecule has 0 N–H and O–H groups in total. The van der Waals surface area contributed by atoms with Gasteiger partial charge in [-0.3, -0.25) is 4.79 Å². The fourth-order valence-corrected chi connectivity index (χ4v) is 3.30. The lowest BCUT2D eigenvalue weighted by atomic mass is 9.94. The van der Waals surface area contributed by atoms with E-state index in [0.29, 0.717) is 0 Å². The molecular weight excluding hydrogens is 318 g/mol. The molecule has 0 spiro atoms. The summed E-state index contributed by atoms with van der Waals surface area (Å²) in [5.74, 6) is -2.26. The van der Waals surface area contributed by atoms with Gasteiger partial charge in [0.05, 0.1) is 0 Å². The molecule has 1 unspecified atom stereocenters. The molecule has 0 aromatic heterocycles. The van der Waals surface area contributed by atoms with Gasteiger partial charge in [0.1, 0.15) is 10.1 Å². The molecule has 110 valence electrons. The quantitative estimate of drug-likeness (QED) is 0.551. The molecule has 5 nitrogen and oxygen atoms in total. The number of hydrogen-bond acceptors (Lipinski definition) is 5. The Kier molecular flexibility index (Phi) is 5.66. The lowest BCUT2D eigenvalue weighted by molar-refractivity contribution is -0.207. The molecule has 0 radical (unpaired) electrons. The largest absolute Gasteiger partial charge is 0.356 e. The number of carbonyl (C=O) groups is 1. The van der Waals surface area contributed by atoms with Crippen molar-refractivity contribution in [2.75, 3.05) is 28.4 Å². The number of ether oxygens (including phenoxy) is 4. The van der Waals surface area contributed by atoms with Gasteiger partial charge in [-0.25, -0.2) is 0 Å². The number of carbonyl (C=O) groups excluding carboxylic acids is 1. The van der Waals surface area contributed by atoms with Crippen LogP contribution in [0, 0.1) is 0 Å². The highest BCUT2D eigenvalue weighted by Crippen LogP contribution is 2.53. The molecule has 0 heterocycles. The monoisotopic (exact) mass is 332 g/mol. The number of alkyl halides is 1. The van der Waals surface area contributed by atoms with Crippen molar-refractivity contribution in [1.82, 2.24) is 0 Å². The predicted molar refractivity (Wildman–Crippen MR) is 71.5 cm³/mol. The lowest BCUT2D eigenvalue weighted by Gasteiger charge is -2.39. The second-order valence-corrected chi connectivity index (χ2v) is 5.29. The van der Waals surface area contributed by atoms with E-state index in [-0.39, 0.29) is 16.5 Å². The van der Waals surface area contributed by atoms with Crippen LogP contribution in [-0.4, -0.2) is 51.2 Å². The standard InChI is InChI=1S/C11H15Cl3O5/c1-16-6(17-2)5-10(14)9(15)7(12)8(13)11(10,18-3)19-4/h6H,5H2,1-4H3. The lowest BCUT2D eigenvalue weighted by Crippen LogP contribution is -2.56. The highest BCUT2D eigenvalue weighted by atomic mass is 35.5. The molecule has 0 fully saturated rings. The van der Waals surface area contributed by atoms with Crippen LogP contribution in [0.15, 0.2) is 10.1 Å². The number of rotatable bonds is 6. The third kappa shape index (κ3) is 2.42. The molecule has 0 aromatic rings. The molecule has 1 aliphatic rings. The highest BCUT2D eigenvalue weighted by Gasteiger charge is 2.66. The van der Waals surface area contributed by atoms with Gasteiger partial charge in [0.2, 0.25) is 11.6 Å². The molecule has 1 atom stereocenters. The van der Waals surface area contributed by atoms with Gasteiger partial charge in [-0.2, -0.15) is 0 Å². The van der Waals surface area contributed by atoms with E-state index in [2.05, 4.69) is 0 Å². The van der Waals surface area contributed by atoms with Crippen LogP contribution in [0.1, 0.15) is 6.42 Å². The van der Waals surface area contributed by atoms with Gasteiger partial charge in [0.25, 0.3) is 0 Å². The summed E-state index contributed by atoms with van der Waals surface area (Å²) in [6.45, 7) is 0. The minimum atomic E-state index is -1.67. The van der Waals surface area contributed by atoms with Crippen molar-refractivity contribution in [3.05, 3.63) is 10.1 Å². The van der Waals surface area contributed by atoms with Gasteiger partial charge in [0, 0.05) is 34.9 Å². The first-order valence-corrected chi connectivity index (χ1v) is 6.43. The minimum absolute atomic E-state index is 0.0471. The number of methoxy groups -OCH3 is 4. The number of hydrogen-bond donors (Lipinski definition) is 0. The number of halogens is 3. The fourth-order valence-electron chi connectivity index (χ4n) is 2.05. The SMILES string of the molecule is COC(CC1(Cl)C(=O)C(Cl)=C(Cl)C1(OC)OC)OC. The fraction of sp³-hybridized carbons (Fsp3) is 0.727. The van der Waals surface area contributed by atoms with Crippen molar-refractivity contribution < 1.29 is 23.7 Å². The van der Waals surface area contributed by atoms with Crippen LogP contribution >= 0.6 is 34.8 Å². The summed E-state index contributed by atoms with van der Waals surface area (Å²) in [5, 5.41) is -0.309. The Morgan fingerprint density at radius 2 is 1.58 bits per heavy atom. The van der Waals surface area contributed by atoms with Crippen molar-refractivity contribution in [2.45, 2.75) is 23.4 Å². The summed E-state index contributed by atoms with van der Waals surface area (Å²) < 4.78 is 20.6. The zero-order chi connectivity index (χ0) is 14.8. The Morgan fingerprint density at radius 3 is 1.95 bits per heavy atom. The normalized spacial score (nSPS) is 26.6. The summed E-state index contributed by atoms with van der Waals surface area (Å²) >= 11 is 18.3. The first kappa shape index (κ1) is 17.2.